The molecule has 0 aromatic heterocycles. The van der Waals surface area contributed by atoms with Crippen LogP contribution in [0.15, 0.2) is 11.6 Å². The van der Waals surface area contributed by atoms with Gasteiger partial charge in [-0.15, -0.1) is 0 Å². The summed E-state index contributed by atoms with van der Waals surface area (Å²) in [6, 6.07) is 0. The van der Waals surface area contributed by atoms with Gasteiger partial charge in [0.05, 0.1) is 7.11 Å². The number of nitrogens with zero attached hydrogens (tertiary/aromatic N) is 1. The summed E-state index contributed by atoms with van der Waals surface area (Å²) in [5.41, 5.74) is 0.949. The van der Waals surface area contributed by atoms with Crippen LogP contribution in [0.3, 0.4) is 0 Å². The fourth-order valence-electron chi connectivity index (χ4n) is 2.02. The molecule has 0 atom stereocenters. The summed E-state index contributed by atoms with van der Waals surface area (Å²) >= 11 is 0. The van der Waals surface area contributed by atoms with Crippen molar-refractivity contribution in [3.63, 3.8) is 0 Å². The molecule has 0 spiro atoms. The van der Waals surface area contributed by atoms with Crippen molar-refractivity contribution in [2.24, 2.45) is 5.41 Å². The summed E-state index contributed by atoms with van der Waals surface area (Å²) in [6.45, 7) is 9.06. The van der Waals surface area contributed by atoms with Crippen LogP contribution in [0.1, 0.15) is 27.2 Å². The van der Waals surface area contributed by atoms with E-state index in [-0.39, 0.29) is 11.4 Å². The van der Waals surface area contributed by atoms with E-state index in [1.54, 1.807) is 0 Å². The van der Waals surface area contributed by atoms with Gasteiger partial charge in [-0.1, -0.05) is 26.8 Å². The Bertz CT molecular complexity index is 284. The van der Waals surface area contributed by atoms with Crippen molar-refractivity contribution in [3.05, 3.63) is 11.6 Å². The normalized spacial score (nSPS) is 12.9. The summed E-state index contributed by atoms with van der Waals surface area (Å²) in [5, 5.41) is 3.36. The monoisotopic (exact) mass is 256 g/mol. The van der Waals surface area contributed by atoms with Gasteiger partial charge in [0.1, 0.15) is 0 Å². The lowest BCUT2D eigenvalue weighted by molar-refractivity contribution is -0.136. The zero-order valence-electron chi connectivity index (χ0n) is 12.7. The minimum atomic E-state index is -0.230. The molecular formula is C14H28N2O2. The molecule has 0 aliphatic heterocycles. The molecule has 0 saturated carbocycles. The second-order valence-corrected chi connectivity index (χ2v) is 5.61. The van der Waals surface area contributed by atoms with Crippen molar-refractivity contribution in [2.75, 3.05) is 40.8 Å². The van der Waals surface area contributed by atoms with Crippen LogP contribution in [0, 0.1) is 5.41 Å². The molecule has 0 aromatic rings. The lowest BCUT2D eigenvalue weighted by atomic mass is 9.93. The minimum absolute atomic E-state index is 0.217. The number of ether oxygens (including phenoxy) is 1. The van der Waals surface area contributed by atoms with Gasteiger partial charge in [0, 0.05) is 25.2 Å². The maximum atomic E-state index is 11.4. The number of carbonyl (C=O) groups excluding carboxylic acids is 1. The Kier molecular flexibility index (Phi) is 7.87. The van der Waals surface area contributed by atoms with Crippen LogP contribution in [0.2, 0.25) is 0 Å². The third-order valence-electron chi connectivity index (χ3n) is 2.67. The first-order valence-electron chi connectivity index (χ1n) is 6.45. The first-order chi connectivity index (χ1) is 8.32. The number of hydrogen-bond acceptors (Lipinski definition) is 4. The standard InChI is InChI=1S/C14H28N2O2/c1-7-12(13(17)18-6)8-9-15-10-14(2,3)11-16(4)5/h8,15H,7,9-11H2,1-6H3. The van der Waals surface area contributed by atoms with Gasteiger partial charge in [-0.25, -0.2) is 4.79 Å². The van der Waals surface area contributed by atoms with Crippen molar-refractivity contribution >= 4 is 5.97 Å². The Morgan fingerprint density at radius 1 is 1.39 bits per heavy atom. The third kappa shape index (κ3) is 7.45. The summed E-state index contributed by atoms with van der Waals surface area (Å²) < 4.78 is 4.71. The van der Waals surface area contributed by atoms with E-state index in [1.165, 1.54) is 7.11 Å². The van der Waals surface area contributed by atoms with Crippen molar-refractivity contribution in [3.8, 4) is 0 Å². The Hall–Kier alpha value is -0.870. The van der Waals surface area contributed by atoms with E-state index in [4.69, 9.17) is 4.74 Å². The van der Waals surface area contributed by atoms with E-state index >= 15 is 0 Å². The van der Waals surface area contributed by atoms with E-state index in [0.29, 0.717) is 13.0 Å². The molecule has 0 aromatic carbocycles. The number of hydrogen-bond donors (Lipinski definition) is 1. The van der Waals surface area contributed by atoms with Crippen LogP contribution >= 0.6 is 0 Å². The molecule has 0 radical (unpaired) electrons. The fraction of sp³-hybridized carbons (Fsp3) is 0.786. The quantitative estimate of drug-likeness (QED) is 0.407. The number of esters is 1. The van der Waals surface area contributed by atoms with Crippen molar-refractivity contribution in [1.82, 2.24) is 10.2 Å². The molecule has 0 saturated heterocycles. The predicted octanol–water partition coefficient (Wildman–Crippen LogP) is 1.67. The highest BCUT2D eigenvalue weighted by atomic mass is 16.5. The van der Waals surface area contributed by atoms with Gasteiger partial charge in [0.2, 0.25) is 0 Å². The molecule has 0 rings (SSSR count). The number of nitrogens with one attached hydrogen (secondary N) is 1. The highest BCUT2D eigenvalue weighted by Crippen LogP contribution is 2.14. The van der Waals surface area contributed by atoms with E-state index < -0.39 is 0 Å². The van der Waals surface area contributed by atoms with Crippen LogP contribution in [0.4, 0.5) is 0 Å². The highest BCUT2D eigenvalue weighted by Gasteiger charge is 2.17. The maximum absolute atomic E-state index is 11.4. The summed E-state index contributed by atoms with van der Waals surface area (Å²) in [5.74, 6) is -0.230. The van der Waals surface area contributed by atoms with Crippen LogP contribution in [-0.4, -0.2) is 51.7 Å². The topological polar surface area (TPSA) is 41.6 Å². The zero-order chi connectivity index (χ0) is 14.2. The summed E-state index contributed by atoms with van der Waals surface area (Å²) in [4.78, 5) is 13.5. The molecule has 106 valence electrons. The average Bonchev–Trinajstić information content (AvgIpc) is 2.26. The van der Waals surface area contributed by atoms with E-state index in [9.17, 15) is 4.79 Å². The summed E-state index contributed by atoms with van der Waals surface area (Å²) in [6.07, 6.45) is 2.62. The summed E-state index contributed by atoms with van der Waals surface area (Å²) in [7, 11) is 5.57. The molecule has 0 amide bonds. The Balaban J connectivity index is 4.11. The zero-order valence-corrected chi connectivity index (χ0v) is 12.7. The molecule has 1 N–H and O–H groups in total. The van der Waals surface area contributed by atoms with Crippen molar-refractivity contribution < 1.29 is 9.53 Å². The molecule has 0 heterocycles. The first-order valence-corrected chi connectivity index (χ1v) is 6.45. The van der Waals surface area contributed by atoms with E-state index in [1.807, 2.05) is 13.0 Å². The van der Waals surface area contributed by atoms with Gasteiger partial charge in [-0.05, 0) is 25.9 Å². The van der Waals surface area contributed by atoms with E-state index in [2.05, 4.69) is 38.2 Å². The lowest BCUT2D eigenvalue weighted by Gasteiger charge is -2.28. The third-order valence-corrected chi connectivity index (χ3v) is 2.67. The smallest absolute Gasteiger partial charge is 0.333 e. The molecule has 4 nitrogen and oxygen atoms in total. The molecule has 18 heavy (non-hydrogen) atoms. The predicted molar refractivity (Wildman–Crippen MR) is 75.6 cm³/mol. The molecule has 0 aliphatic carbocycles. The van der Waals surface area contributed by atoms with Gasteiger partial charge >= 0.3 is 5.97 Å². The molecule has 0 fully saturated rings. The number of carbonyl (C=O) groups is 1. The first kappa shape index (κ1) is 17.1. The number of rotatable bonds is 8. The SMILES string of the molecule is CCC(=CCNCC(C)(C)CN(C)C)C(=O)OC. The van der Waals surface area contributed by atoms with Crippen molar-refractivity contribution in [2.45, 2.75) is 27.2 Å². The minimum Gasteiger partial charge on any atom is -0.466 e. The van der Waals surface area contributed by atoms with Gasteiger partial charge in [0.15, 0.2) is 0 Å². The fourth-order valence-corrected chi connectivity index (χ4v) is 2.02. The van der Waals surface area contributed by atoms with Gasteiger partial charge in [0.25, 0.3) is 0 Å². The van der Waals surface area contributed by atoms with Crippen LogP contribution < -0.4 is 5.32 Å². The van der Waals surface area contributed by atoms with Crippen molar-refractivity contribution in [1.29, 1.82) is 0 Å². The average molecular weight is 256 g/mol. The van der Waals surface area contributed by atoms with Crippen LogP contribution in [-0.2, 0) is 9.53 Å². The maximum Gasteiger partial charge on any atom is 0.333 e. The van der Waals surface area contributed by atoms with Gasteiger partial charge < -0.3 is 15.0 Å². The lowest BCUT2D eigenvalue weighted by Crippen LogP contribution is -2.37. The second kappa shape index (κ2) is 8.27. The highest BCUT2D eigenvalue weighted by molar-refractivity contribution is 5.88. The van der Waals surface area contributed by atoms with Gasteiger partial charge in [-0.3, -0.25) is 0 Å². The Morgan fingerprint density at radius 2 is 2.00 bits per heavy atom. The van der Waals surface area contributed by atoms with Gasteiger partial charge in [-0.2, -0.15) is 0 Å². The largest absolute Gasteiger partial charge is 0.466 e. The van der Waals surface area contributed by atoms with Crippen LogP contribution in [0.25, 0.3) is 0 Å². The molecule has 0 unspecified atom stereocenters. The Labute approximate surface area is 111 Å². The van der Waals surface area contributed by atoms with Crippen LogP contribution in [0.5, 0.6) is 0 Å². The molecule has 0 aliphatic rings. The molecular weight excluding hydrogens is 228 g/mol. The Morgan fingerprint density at radius 3 is 2.44 bits per heavy atom. The number of methoxy groups -OCH3 is 1. The second-order valence-electron chi connectivity index (χ2n) is 5.61. The molecule has 4 heteroatoms. The van der Waals surface area contributed by atoms with E-state index in [0.717, 1.165) is 18.7 Å². The molecule has 0 bridgehead atoms.